The van der Waals surface area contributed by atoms with Gasteiger partial charge in [-0.2, -0.15) is 0 Å². The van der Waals surface area contributed by atoms with Crippen molar-refractivity contribution in [2.45, 2.75) is 37.8 Å². The van der Waals surface area contributed by atoms with Crippen LogP contribution in [-0.4, -0.2) is 42.6 Å². The molecule has 1 aromatic carbocycles. The molecule has 114 valence electrons. The zero-order valence-electron chi connectivity index (χ0n) is 12.1. The molecule has 2 saturated heterocycles. The number of ether oxygens (including phenoxy) is 1. The molecule has 1 atom stereocenters. The Bertz CT molecular complexity index is 495. The number of hydrogen-bond acceptors (Lipinski definition) is 3. The highest BCUT2D eigenvalue weighted by molar-refractivity contribution is 6.32. The van der Waals surface area contributed by atoms with E-state index in [1.165, 1.54) is 0 Å². The third-order valence-electron chi connectivity index (χ3n) is 4.24. The standard InChI is InChI=1S/C16H21ClN2O2/c17-13-4-1-2-6-15(13)21-12-7-10-19(11-8-12)16(20)14-5-3-9-18-14/h1-2,4,6,12,14,18H,3,5,7-11H2. The molecule has 0 aliphatic carbocycles. The van der Waals surface area contributed by atoms with Crippen LogP contribution in [0, 0.1) is 0 Å². The molecule has 0 aromatic heterocycles. The number of nitrogens with one attached hydrogen (secondary N) is 1. The summed E-state index contributed by atoms with van der Waals surface area (Å²) in [5, 5.41) is 3.92. The predicted octanol–water partition coefficient (Wildman–Crippen LogP) is 2.46. The maximum absolute atomic E-state index is 12.3. The predicted molar refractivity (Wildman–Crippen MR) is 82.7 cm³/mol. The molecule has 2 fully saturated rings. The molecule has 2 heterocycles. The van der Waals surface area contributed by atoms with E-state index in [0.717, 1.165) is 51.1 Å². The number of piperidine rings is 1. The van der Waals surface area contributed by atoms with E-state index < -0.39 is 0 Å². The summed E-state index contributed by atoms with van der Waals surface area (Å²) in [4.78, 5) is 14.3. The van der Waals surface area contributed by atoms with Crippen LogP contribution in [0.3, 0.4) is 0 Å². The number of carbonyl (C=O) groups is 1. The first kappa shape index (κ1) is 14.7. The zero-order valence-corrected chi connectivity index (χ0v) is 12.8. The van der Waals surface area contributed by atoms with E-state index >= 15 is 0 Å². The number of amides is 1. The van der Waals surface area contributed by atoms with Crippen LogP contribution in [0.25, 0.3) is 0 Å². The van der Waals surface area contributed by atoms with E-state index in [9.17, 15) is 4.79 Å². The minimum absolute atomic E-state index is 0.0334. The Hall–Kier alpha value is -1.26. The minimum Gasteiger partial charge on any atom is -0.489 e. The van der Waals surface area contributed by atoms with Gasteiger partial charge in [0.1, 0.15) is 11.9 Å². The maximum Gasteiger partial charge on any atom is 0.239 e. The minimum atomic E-state index is 0.0334. The summed E-state index contributed by atoms with van der Waals surface area (Å²) in [7, 11) is 0. The highest BCUT2D eigenvalue weighted by atomic mass is 35.5. The molecule has 0 saturated carbocycles. The summed E-state index contributed by atoms with van der Waals surface area (Å²) in [5.74, 6) is 0.991. The van der Waals surface area contributed by atoms with Gasteiger partial charge in [0.2, 0.25) is 5.91 Å². The number of rotatable bonds is 3. The molecule has 4 nitrogen and oxygen atoms in total. The van der Waals surface area contributed by atoms with Crippen LogP contribution in [-0.2, 0) is 4.79 Å². The number of para-hydroxylation sites is 1. The van der Waals surface area contributed by atoms with Gasteiger partial charge >= 0.3 is 0 Å². The van der Waals surface area contributed by atoms with Gasteiger partial charge in [0.05, 0.1) is 11.1 Å². The van der Waals surface area contributed by atoms with Gasteiger partial charge in [0.15, 0.2) is 0 Å². The molecule has 0 spiro atoms. The number of likely N-dealkylation sites (tertiary alicyclic amines) is 1. The van der Waals surface area contributed by atoms with Gasteiger partial charge in [-0.25, -0.2) is 0 Å². The number of nitrogens with zero attached hydrogens (tertiary/aromatic N) is 1. The van der Waals surface area contributed by atoms with Gasteiger partial charge in [0, 0.05) is 25.9 Å². The van der Waals surface area contributed by atoms with Gasteiger partial charge in [-0.1, -0.05) is 23.7 Å². The normalized spacial score (nSPS) is 23.3. The van der Waals surface area contributed by atoms with Crippen LogP contribution < -0.4 is 10.1 Å². The van der Waals surface area contributed by atoms with Crippen LogP contribution >= 0.6 is 11.6 Å². The molecule has 0 bridgehead atoms. The molecular formula is C16H21ClN2O2. The van der Waals surface area contributed by atoms with Gasteiger partial charge in [-0.3, -0.25) is 4.79 Å². The first-order chi connectivity index (χ1) is 10.2. The number of hydrogen-bond donors (Lipinski definition) is 1. The Morgan fingerprint density at radius 3 is 2.67 bits per heavy atom. The van der Waals surface area contributed by atoms with Crippen LogP contribution in [0.4, 0.5) is 0 Å². The first-order valence-electron chi connectivity index (χ1n) is 7.67. The number of carbonyl (C=O) groups excluding carboxylic acids is 1. The number of halogens is 1. The molecule has 2 aliphatic heterocycles. The van der Waals surface area contributed by atoms with Crippen LogP contribution in [0.1, 0.15) is 25.7 Å². The lowest BCUT2D eigenvalue weighted by Crippen LogP contribution is -2.48. The molecule has 21 heavy (non-hydrogen) atoms. The second-order valence-corrected chi connectivity index (χ2v) is 6.13. The van der Waals surface area contributed by atoms with E-state index in [1.54, 1.807) is 0 Å². The molecule has 1 N–H and O–H groups in total. The largest absolute Gasteiger partial charge is 0.489 e. The fourth-order valence-corrected chi connectivity index (χ4v) is 3.21. The lowest BCUT2D eigenvalue weighted by molar-refractivity contribution is -0.134. The molecule has 1 unspecified atom stereocenters. The lowest BCUT2D eigenvalue weighted by atomic mass is 10.1. The average Bonchev–Trinajstić information content (AvgIpc) is 3.04. The Labute approximate surface area is 130 Å². The second kappa shape index (κ2) is 6.67. The van der Waals surface area contributed by atoms with Crippen molar-refractivity contribution in [3.8, 4) is 5.75 Å². The summed E-state index contributed by atoms with van der Waals surface area (Å²) in [6.07, 6.45) is 3.94. The topological polar surface area (TPSA) is 41.6 Å². The maximum atomic E-state index is 12.3. The highest BCUT2D eigenvalue weighted by Gasteiger charge is 2.30. The molecule has 5 heteroatoms. The van der Waals surface area contributed by atoms with E-state index in [4.69, 9.17) is 16.3 Å². The van der Waals surface area contributed by atoms with Crippen molar-refractivity contribution in [2.24, 2.45) is 0 Å². The third-order valence-corrected chi connectivity index (χ3v) is 4.55. The highest BCUT2D eigenvalue weighted by Crippen LogP contribution is 2.27. The van der Waals surface area contributed by atoms with Crippen molar-refractivity contribution in [1.29, 1.82) is 0 Å². The Morgan fingerprint density at radius 1 is 1.24 bits per heavy atom. The molecule has 0 radical (unpaired) electrons. The zero-order chi connectivity index (χ0) is 14.7. The third kappa shape index (κ3) is 3.50. The molecular weight excluding hydrogens is 288 g/mol. The van der Waals surface area contributed by atoms with E-state index in [2.05, 4.69) is 5.32 Å². The summed E-state index contributed by atoms with van der Waals surface area (Å²) >= 11 is 6.11. The first-order valence-corrected chi connectivity index (χ1v) is 8.05. The van der Waals surface area contributed by atoms with Crippen LogP contribution in [0.2, 0.25) is 5.02 Å². The second-order valence-electron chi connectivity index (χ2n) is 5.72. The summed E-state index contributed by atoms with van der Waals surface area (Å²) < 4.78 is 5.95. The SMILES string of the molecule is O=C(C1CCCN1)N1CCC(Oc2ccccc2Cl)CC1. The van der Waals surface area contributed by atoms with Crippen LogP contribution in [0.15, 0.2) is 24.3 Å². The average molecular weight is 309 g/mol. The van der Waals surface area contributed by atoms with Crippen molar-refractivity contribution in [3.63, 3.8) is 0 Å². The Morgan fingerprint density at radius 2 is 2.00 bits per heavy atom. The number of benzene rings is 1. The summed E-state index contributed by atoms with van der Waals surface area (Å²) in [6.45, 7) is 2.50. The molecule has 1 aromatic rings. The summed E-state index contributed by atoms with van der Waals surface area (Å²) in [6, 6.07) is 7.58. The van der Waals surface area contributed by atoms with Gasteiger partial charge in [0.25, 0.3) is 0 Å². The Kier molecular flexibility index (Phi) is 4.66. The van der Waals surface area contributed by atoms with Crippen molar-refractivity contribution in [1.82, 2.24) is 10.2 Å². The van der Waals surface area contributed by atoms with Crippen molar-refractivity contribution in [3.05, 3.63) is 29.3 Å². The summed E-state index contributed by atoms with van der Waals surface area (Å²) in [5.41, 5.74) is 0. The lowest BCUT2D eigenvalue weighted by Gasteiger charge is -2.33. The fraction of sp³-hybridized carbons (Fsp3) is 0.562. The molecule has 2 aliphatic rings. The van der Waals surface area contributed by atoms with Crippen molar-refractivity contribution in [2.75, 3.05) is 19.6 Å². The molecule has 1 amide bonds. The van der Waals surface area contributed by atoms with Crippen molar-refractivity contribution < 1.29 is 9.53 Å². The fourth-order valence-electron chi connectivity index (χ4n) is 3.03. The van der Waals surface area contributed by atoms with Crippen LogP contribution in [0.5, 0.6) is 5.75 Å². The monoisotopic (exact) mass is 308 g/mol. The smallest absolute Gasteiger partial charge is 0.239 e. The van der Waals surface area contributed by atoms with E-state index in [-0.39, 0.29) is 18.1 Å². The van der Waals surface area contributed by atoms with Gasteiger partial charge in [-0.15, -0.1) is 0 Å². The van der Waals surface area contributed by atoms with Crippen molar-refractivity contribution >= 4 is 17.5 Å². The van der Waals surface area contributed by atoms with Gasteiger partial charge in [-0.05, 0) is 31.5 Å². The quantitative estimate of drug-likeness (QED) is 0.932. The molecule has 3 rings (SSSR count). The van der Waals surface area contributed by atoms with E-state index in [0.29, 0.717) is 5.02 Å². The Balaban J connectivity index is 1.51. The van der Waals surface area contributed by atoms with E-state index in [1.807, 2.05) is 29.2 Å². The van der Waals surface area contributed by atoms with Gasteiger partial charge < -0.3 is 15.0 Å².